The monoisotopic (exact) mass is 240 g/mol. The highest BCUT2D eigenvalue weighted by molar-refractivity contribution is 4.71. The van der Waals surface area contributed by atoms with Crippen LogP contribution in [0.25, 0.3) is 0 Å². The van der Waals surface area contributed by atoms with Gasteiger partial charge in [-0.1, -0.05) is 13.3 Å². The van der Waals surface area contributed by atoms with Gasteiger partial charge in [0.25, 0.3) is 0 Å². The molecule has 0 radical (unpaired) electrons. The lowest BCUT2D eigenvalue weighted by Crippen LogP contribution is -2.44. The average molecular weight is 240 g/mol. The number of nitrogens with one attached hydrogen (secondary N) is 1. The Morgan fingerprint density at radius 1 is 1.25 bits per heavy atom. The molecule has 16 heavy (non-hydrogen) atoms. The number of alkyl halides is 3. The van der Waals surface area contributed by atoms with E-state index >= 15 is 0 Å². The second-order valence-corrected chi connectivity index (χ2v) is 4.48. The Kier molecular flexibility index (Phi) is 6.99. The van der Waals surface area contributed by atoms with E-state index in [1.807, 2.05) is 0 Å². The highest BCUT2D eigenvalue weighted by atomic mass is 19.4. The van der Waals surface area contributed by atoms with Crippen LogP contribution in [0.2, 0.25) is 0 Å². The molecule has 0 fully saturated rings. The topological polar surface area (TPSA) is 15.3 Å². The summed E-state index contributed by atoms with van der Waals surface area (Å²) in [5.41, 5.74) is 0. The van der Waals surface area contributed by atoms with Crippen LogP contribution in [0, 0.1) is 0 Å². The van der Waals surface area contributed by atoms with Crippen molar-refractivity contribution in [1.82, 2.24) is 10.2 Å². The van der Waals surface area contributed by atoms with Gasteiger partial charge < -0.3 is 5.32 Å². The van der Waals surface area contributed by atoms with Crippen LogP contribution in [0.3, 0.4) is 0 Å². The minimum atomic E-state index is -4.11. The third-order valence-electron chi connectivity index (χ3n) is 2.66. The van der Waals surface area contributed by atoms with E-state index in [9.17, 15) is 13.2 Å². The van der Waals surface area contributed by atoms with Gasteiger partial charge in [0, 0.05) is 18.6 Å². The first-order valence-electron chi connectivity index (χ1n) is 5.76. The molecule has 0 amide bonds. The van der Waals surface area contributed by atoms with Crippen LogP contribution in [-0.2, 0) is 0 Å². The first-order valence-corrected chi connectivity index (χ1v) is 5.76. The molecular weight excluding hydrogens is 217 g/mol. The molecule has 2 unspecified atom stereocenters. The molecule has 98 valence electrons. The van der Waals surface area contributed by atoms with Gasteiger partial charge in [-0.3, -0.25) is 4.90 Å². The van der Waals surface area contributed by atoms with Gasteiger partial charge in [0.1, 0.15) is 0 Å². The van der Waals surface area contributed by atoms with Crippen LogP contribution in [0.15, 0.2) is 0 Å². The van der Waals surface area contributed by atoms with Crippen LogP contribution >= 0.6 is 0 Å². The fourth-order valence-corrected chi connectivity index (χ4v) is 1.50. The lowest BCUT2D eigenvalue weighted by Gasteiger charge is -2.27. The Hall–Kier alpha value is -0.290. The molecule has 0 heterocycles. The van der Waals surface area contributed by atoms with E-state index in [2.05, 4.69) is 19.2 Å². The maximum atomic E-state index is 12.1. The summed E-state index contributed by atoms with van der Waals surface area (Å²) in [6.07, 6.45) is -1.98. The summed E-state index contributed by atoms with van der Waals surface area (Å²) in [5, 5.41) is 3.24. The third-order valence-corrected chi connectivity index (χ3v) is 2.66. The van der Waals surface area contributed by atoms with Gasteiger partial charge in [-0.25, -0.2) is 0 Å². The lowest BCUT2D eigenvalue weighted by molar-refractivity contribution is -0.146. The van der Waals surface area contributed by atoms with Crippen LogP contribution in [0.1, 0.15) is 33.6 Å². The molecule has 0 aliphatic heterocycles. The Morgan fingerprint density at radius 3 is 2.25 bits per heavy atom. The molecule has 2 atom stereocenters. The van der Waals surface area contributed by atoms with Crippen molar-refractivity contribution >= 4 is 0 Å². The van der Waals surface area contributed by atoms with Gasteiger partial charge in [0.2, 0.25) is 0 Å². The summed E-state index contributed by atoms with van der Waals surface area (Å²) in [4.78, 5) is 1.33. The molecule has 0 rings (SSSR count). The third kappa shape index (κ3) is 7.93. The molecule has 0 aromatic carbocycles. The van der Waals surface area contributed by atoms with E-state index in [0.29, 0.717) is 12.6 Å². The average Bonchev–Trinajstić information content (AvgIpc) is 2.11. The van der Waals surface area contributed by atoms with Crippen molar-refractivity contribution < 1.29 is 13.2 Å². The molecule has 5 heteroatoms. The summed E-state index contributed by atoms with van der Waals surface area (Å²) in [6, 6.07) is 0.257. The van der Waals surface area contributed by atoms with Crippen molar-refractivity contribution in [2.75, 3.05) is 20.1 Å². The predicted octanol–water partition coefficient (Wildman–Crippen LogP) is 2.65. The Labute approximate surface area is 96.2 Å². The molecule has 0 aromatic rings. The number of hydrogen-bond acceptors (Lipinski definition) is 2. The molecule has 0 aromatic heterocycles. The maximum absolute atomic E-state index is 12.1. The number of hydrogen-bond donors (Lipinski definition) is 1. The van der Waals surface area contributed by atoms with E-state index in [1.54, 1.807) is 6.92 Å². The lowest BCUT2D eigenvalue weighted by atomic mass is 10.2. The van der Waals surface area contributed by atoms with E-state index in [4.69, 9.17) is 0 Å². The van der Waals surface area contributed by atoms with Crippen molar-refractivity contribution in [3.8, 4) is 0 Å². The highest BCUT2D eigenvalue weighted by Gasteiger charge is 2.30. The normalized spacial score (nSPS) is 16.5. The summed E-state index contributed by atoms with van der Waals surface area (Å²) in [5.74, 6) is 0. The van der Waals surface area contributed by atoms with Gasteiger partial charge in [-0.15, -0.1) is 0 Å². The smallest absolute Gasteiger partial charge is 0.313 e. The summed E-state index contributed by atoms with van der Waals surface area (Å²) >= 11 is 0. The van der Waals surface area contributed by atoms with Crippen molar-refractivity contribution in [3.63, 3.8) is 0 Å². The second-order valence-electron chi connectivity index (χ2n) is 4.48. The molecule has 0 aliphatic rings. The van der Waals surface area contributed by atoms with E-state index in [1.165, 1.54) is 11.9 Å². The van der Waals surface area contributed by atoms with Crippen molar-refractivity contribution in [1.29, 1.82) is 0 Å². The van der Waals surface area contributed by atoms with Gasteiger partial charge in [-0.05, 0) is 27.3 Å². The van der Waals surface area contributed by atoms with Gasteiger partial charge in [0.15, 0.2) is 0 Å². The van der Waals surface area contributed by atoms with E-state index in [-0.39, 0.29) is 6.04 Å². The second kappa shape index (κ2) is 7.12. The minimum Gasteiger partial charge on any atom is -0.313 e. The van der Waals surface area contributed by atoms with Crippen molar-refractivity contribution in [2.45, 2.75) is 51.9 Å². The van der Waals surface area contributed by atoms with Crippen LogP contribution in [-0.4, -0.2) is 43.3 Å². The fraction of sp³-hybridized carbons (Fsp3) is 1.00. The molecule has 1 N–H and O–H groups in total. The standard InChI is InChI=1S/C11H23F3N2/c1-5-6-9(2)15-7-10(3)16(4)8-11(12,13)14/h9-10,15H,5-8H2,1-4H3. The molecule has 0 bridgehead atoms. The van der Waals surface area contributed by atoms with Crippen molar-refractivity contribution in [3.05, 3.63) is 0 Å². The van der Waals surface area contributed by atoms with Crippen LogP contribution < -0.4 is 5.32 Å². The number of nitrogens with zero attached hydrogens (tertiary/aromatic N) is 1. The van der Waals surface area contributed by atoms with Crippen LogP contribution in [0.4, 0.5) is 13.2 Å². The first kappa shape index (κ1) is 15.7. The molecule has 0 aliphatic carbocycles. The maximum Gasteiger partial charge on any atom is 0.401 e. The zero-order valence-corrected chi connectivity index (χ0v) is 10.6. The quantitative estimate of drug-likeness (QED) is 0.736. The molecule has 0 saturated heterocycles. The van der Waals surface area contributed by atoms with Gasteiger partial charge in [-0.2, -0.15) is 13.2 Å². The molecular formula is C11H23F3N2. The van der Waals surface area contributed by atoms with Crippen molar-refractivity contribution in [2.24, 2.45) is 0 Å². The van der Waals surface area contributed by atoms with Gasteiger partial charge in [0.05, 0.1) is 6.54 Å². The first-order chi connectivity index (χ1) is 7.26. The Bertz CT molecular complexity index is 183. The Balaban J connectivity index is 3.83. The number of likely N-dealkylation sites (N-methyl/N-ethyl adjacent to an activating group) is 1. The summed E-state index contributed by atoms with van der Waals surface area (Å²) < 4.78 is 36.4. The predicted molar refractivity (Wildman–Crippen MR) is 60.5 cm³/mol. The number of rotatable bonds is 7. The van der Waals surface area contributed by atoms with E-state index < -0.39 is 12.7 Å². The Morgan fingerprint density at radius 2 is 1.81 bits per heavy atom. The van der Waals surface area contributed by atoms with E-state index in [0.717, 1.165) is 12.8 Å². The largest absolute Gasteiger partial charge is 0.401 e. The van der Waals surface area contributed by atoms with Crippen LogP contribution in [0.5, 0.6) is 0 Å². The summed E-state index contributed by atoms with van der Waals surface area (Å²) in [6.45, 7) is 5.69. The molecule has 2 nitrogen and oxygen atoms in total. The zero-order chi connectivity index (χ0) is 12.8. The summed E-state index contributed by atoms with van der Waals surface area (Å²) in [7, 11) is 1.50. The van der Waals surface area contributed by atoms with Gasteiger partial charge >= 0.3 is 6.18 Å². The fourth-order valence-electron chi connectivity index (χ4n) is 1.50. The highest BCUT2D eigenvalue weighted by Crippen LogP contribution is 2.16. The molecule has 0 spiro atoms. The minimum absolute atomic E-state index is 0.110. The SMILES string of the molecule is CCCC(C)NCC(C)N(C)CC(F)(F)F. The molecule has 0 saturated carbocycles. The number of halogens is 3. The zero-order valence-electron chi connectivity index (χ0n) is 10.6.